The normalized spacial score (nSPS) is 16.8. The van der Waals surface area contributed by atoms with Crippen LogP contribution in [0.15, 0.2) is 0 Å². The summed E-state index contributed by atoms with van der Waals surface area (Å²) in [5.41, 5.74) is 0. The number of aliphatic carboxylic acids is 1. The molecule has 106 valence electrons. The monoisotopic (exact) mass is 278 g/mol. The van der Waals surface area contributed by atoms with Crippen molar-refractivity contribution in [1.82, 2.24) is 8.61 Å². The van der Waals surface area contributed by atoms with E-state index in [-0.39, 0.29) is 6.04 Å². The highest BCUT2D eigenvalue weighted by atomic mass is 32.2. The molecule has 1 rings (SSSR count). The van der Waals surface area contributed by atoms with E-state index < -0.39 is 22.7 Å². The molecule has 0 radical (unpaired) electrons. The molecule has 7 heteroatoms. The molecule has 0 spiro atoms. The summed E-state index contributed by atoms with van der Waals surface area (Å²) in [6.45, 7) is 5.54. The number of carboxylic acid groups (broad SMARTS) is 1. The largest absolute Gasteiger partial charge is 0.480 e. The number of carboxylic acids is 1. The van der Waals surface area contributed by atoms with Gasteiger partial charge in [-0.15, -0.1) is 0 Å². The molecule has 1 aliphatic carbocycles. The molecule has 1 aliphatic rings. The molecule has 0 bridgehead atoms. The Morgan fingerprint density at radius 3 is 2.28 bits per heavy atom. The van der Waals surface area contributed by atoms with Gasteiger partial charge in [-0.1, -0.05) is 6.92 Å². The highest BCUT2D eigenvalue weighted by Gasteiger charge is 2.35. The summed E-state index contributed by atoms with van der Waals surface area (Å²) in [6.07, 6.45) is 2.12. The van der Waals surface area contributed by atoms with Crippen molar-refractivity contribution in [2.75, 3.05) is 19.6 Å². The van der Waals surface area contributed by atoms with Crippen LogP contribution in [0.3, 0.4) is 0 Å². The number of hydrogen-bond donors (Lipinski definition) is 1. The van der Waals surface area contributed by atoms with E-state index in [9.17, 15) is 13.2 Å². The smallest absolute Gasteiger partial charge is 0.318 e. The van der Waals surface area contributed by atoms with Crippen LogP contribution in [0.25, 0.3) is 0 Å². The van der Waals surface area contributed by atoms with Crippen LogP contribution in [0.1, 0.15) is 33.6 Å². The summed E-state index contributed by atoms with van der Waals surface area (Å²) in [5, 5.41) is 8.82. The minimum atomic E-state index is -3.68. The number of rotatable bonds is 8. The van der Waals surface area contributed by atoms with Crippen molar-refractivity contribution in [3.8, 4) is 0 Å². The van der Waals surface area contributed by atoms with Crippen LogP contribution >= 0.6 is 0 Å². The third-order valence-electron chi connectivity index (χ3n) is 3.00. The van der Waals surface area contributed by atoms with E-state index in [0.717, 1.165) is 17.1 Å². The van der Waals surface area contributed by atoms with Crippen molar-refractivity contribution in [3.05, 3.63) is 0 Å². The van der Waals surface area contributed by atoms with E-state index >= 15 is 0 Å². The van der Waals surface area contributed by atoms with Gasteiger partial charge in [0.2, 0.25) is 0 Å². The highest BCUT2D eigenvalue weighted by Crippen LogP contribution is 2.31. The topological polar surface area (TPSA) is 77.9 Å². The fourth-order valence-corrected chi connectivity index (χ4v) is 3.62. The van der Waals surface area contributed by atoms with Gasteiger partial charge in [0, 0.05) is 19.1 Å². The summed E-state index contributed by atoms with van der Waals surface area (Å²) in [7, 11) is -3.68. The quantitative estimate of drug-likeness (QED) is 0.711. The molecule has 0 saturated heterocycles. The van der Waals surface area contributed by atoms with Crippen molar-refractivity contribution in [2.24, 2.45) is 5.92 Å². The third kappa shape index (κ3) is 3.93. The van der Waals surface area contributed by atoms with Gasteiger partial charge in [0.25, 0.3) is 10.2 Å². The Balaban J connectivity index is 2.86. The second-order valence-corrected chi connectivity index (χ2v) is 6.82. The van der Waals surface area contributed by atoms with E-state index in [4.69, 9.17) is 5.11 Å². The molecule has 1 fully saturated rings. The zero-order valence-electron chi connectivity index (χ0n) is 11.2. The van der Waals surface area contributed by atoms with Crippen molar-refractivity contribution in [3.63, 3.8) is 0 Å². The van der Waals surface area contributed by atoms with Gasteiger partial charge in [-0.2, -0.15) is 17.0 Å². The van der Waals surface area contributed by atoms with Gasteiger partial charge in [0.05, 0.1) is 0 Å². The maximum atomic E-state index is 12.4. The molecule has 0 aromatic carbocycles. The highest BCUT2D eigenvalue weighted by molar-refractivity contribution is 7.86. The van der Waals surface area contributed by atoms with Gasteiger partial charge in [-0.25, -0.2) is 0 Å². The average molecular weight is 278 g/mol. The minimum Gasteiger partial charge on any atom is -0.480 e. The maximum Gasteiger partial charge on any atom is 0.318 e. The lowest BCUT2D eigenvalue weighted by molar-refractivity contribution is -0.137. The van der Waals surface area contributed by atoms with Gasteiger partial charge < -0.3 is 5.11 Å². The van der Waals surface area contributed by atoms with Gasteiger partial charge >= 0.3 is 5.97 Å². The number of nitrogens with zero attached hydrogens (tertiary/aromatic N) is 2. The zero-order valence-corrected chi connectivity index (χ0v) is 12.0. The molecule has 0 amide bonds. The molecular weight excluding hydrogens is 256 g/mol. The molecule has 0 aromatic heterocycles. The average Bonchev–Trinajstić information content (AvgIpc) is 3.05. The van der Waals surface area contributed by atoms with Crippen molar-refractivity contribution in [2.45, 2.75) is 39.7 Å². The van der Waals surface area contributed by atoms with Gasteiger partial charge in [-0.05, 0) is 32.6 Å². The van der Waals surface area contributed by atoms with Crippen molar-refractivity contribution >= 4 is 16.2 Å². The zero-order chi connectivity index (χ0) is 13.9. The Morgan fingerprint density at radius 1 is 1.39 bits per heavy atom. The summed E-state index contributed by atoms with van der Waals surface area (Å²) < 4.78 is 27.2. The van der Waals surface area contributed by atoms with Crippen LogP contribution in [0.2, 0.25) is 0 Å². The molecule has 0 heterocycles. The first kappa shape index (κ1) is 15.4. The minimum absolute atomic E-state index is 0.362. The molecule has 0 unspecified atom stereocenters. The van der Waals surface area contributed by atoms with E-state index in [1.54, 1.807) is 20.8 Å². The van der Waals surface area contributed by atoms with E-state index in [1.165, 1.54) is 4.31 Å². The first-order valence-electron chi connectivity index (χ1n) is 6.27. The van der Waals surface area contributed by atoms with E-state index in [0.29, 0.717) is 19.0 Å². The van der Waals surface area contributed by atoms with Crippen molar-refractivity contribution in [1.29, 1.82) is 0 Å². The summed E-state index contributed by atoms with van der Waals surface area (Å²) >= 11 is 0. The molecule has 1 saturated carbocycles. The number of hydrogen-bond acceptors (Lipinski definition) is 3. The summed E-state index contributed by atoms with van der Waals surface area (Å²) in [4.78, 5) is 10.8. The fourth-order valence-electron chi connectivity index (χ4n) is 1.79. The third-order valence-corrected chi connectivity index (χ3v) is 5.20. The molecule has 18 heavy (non-hydrogen) atoms. The maximum absolute atomic E-state index is 12.4. The standard InChI is InChI=1S/C11H22N2O4S/c1-4-12(7-10-5-6-10)18(16,17)13(9(2)3)8-11(14)15/h9-10H,4-8H2,1-3H3,(H,14,15). The Labute approximate surface area is 109 Å². The molecule has 6 nitrogen and oxygen atoms in total. The van der Waals surface area contributed by atoms with Gasteiger partial charge in [0.15, 0.2) is 0 Å². The van der Waals surface area contributed by atoms with Crippen LogP contribution in [0.4, 0.5) is 0 Å². The second-order valence-electron chi connectivity index (χ2n) is 4.93. The van der Waals surface area contributed by atoms with Crippen LogP contribution in [-0.2, 0) is 15.0 Å². The van der Waals surface area contributed by atoms with Crippen LogP contribution < -0.4 is 0 Å². The lowest BCUT2D eigenvalue weighted by Crippen LogP contribution is -2.49. The first-order valence-corrected chi connectivity index (χ1v) is 7.67. The molecule has 0 aliphatic heterocycles. The van der Waals surface area contributed by atoms with Gasteiger partial charge in [0.1, 0.15) is 6.54 Å². The second kappa shape index (κ2) is 5.99. The first-order chi connectivity index (χ1) is 8.28. The summed E-state index contributed by atoms with van der Waals surface area (Å²) in [6, 6.07) is -0.362. The Bertz CT molecular complexity index is 390. The van der Waals surface area contributed by atoms with Crippen LogP contribution in [0.5, 0.6) is 0 Å². The predicted molar refractivity (Wildman–Crippen MR) is 68.4 cm³/mol. The lowest BCUT2D eigenvalue weighted by Gasteiger charge is -2.30. The lowest BCUT2D eigenvalue weighted by atomic mass is 10.4. The van der Waals surface area contributed by atoms with Gasteiger partial charge in [-0.3, -0.25) is 4.79 Å². The SMILES string of the molecule is CCN(CC1CC1)S(=O)(=O)N(CC(=O)O)C(C)C. The molecule has 1 N–H and O–H groups in total. The van der Waals surface area contributed by atoms with E-state index in [1.807, 2.05) is 0 Å². The fraction of sp³-hybridized carbons (Fsp3) is 0.909. The van der Waals surface area contributed by atoms with Crippen LogP contribution in [-0.4, -0.2) is 53.8 Å². The summed E-state index contributed by atoms with van der Waals surface area (Å²) in [5.74, 6) is -0.687. The molecule has 0 atom stereocenters. The molecular formula is C11H22N2O4S. The Hall–Kier alpha value is -0.660. The number of carbonyl (C=O) groups is 1. The van der Waals surface area contributed by atoms with E-state index in [2.05, 4.69) is 0 Å². The molecule has 0 aromatic rings. The van der Waals surface area contributed by atoms with Crippen LogP contribution in [0, 0.1) is 5.92 Å². The Morgan fingerprint density at radius 2 is 1.94 bits per heavy atom. The Kier molecular flexibility index (Phi) is 5.12. The predicted octanol–water partition coefficient (Wildman–Crippen LogP) is 0.758. The van der Waals surface area contributed by atoms with Crippen molar-refractivity contribution < 1.29 is 18.3 Å².